The third-order valence-corrected chi connectivity index (χ3v) is 5.22. The van der Waals surface area contributed by atoms with Gasteiger partial charge in [0.25, 0.3) is 5.91 Å². The molecule has 0 unspecified atom stereocenters. The Morgan fingerprint density at radius 2 is 1.59 bits per heavy atom. The van der Waals surface area contributed by atoms with E-state index >= 15 is 0 Å². The van der Waals surface area contributed by atoms with Gasteiger partial charge in [-0.1, -0.05) is 36.4 Å². The summed E-state index contributed by atoms with van der Waals surface area (Å²) >= 11 is 0. The second kappa shape index (κ2) is 8.11. The Labute approximate surface area is 156 Å². The van der Waals surface area contributed by atoms with E-state index in [0.29, 0.717) is 11.3 Å². The quantitative estimate of drug-likeness (QED) is 0.682. The summed E-state index contributed by atoms with van der Waals surface area (Å²) in [4.78, 5) is 12.3. The molecule has 0 aliphatic rings. The van der Waals surface area contributed by atoms with Gasteiger partial charge in [-0.05, 0) is 48.0 Å². The number of amides is 1. The van der Waals surface area contributed by atoms with Crippen LogP contribution in [0.1, 0.15) is 15.9 Å². The molecule has 2 N–H and O–H groups in total. The minimum Gasteiger partial charge on any atom is -0.322 e. The number of benzene rings is 3. The highest BCUT2D eigenvalue weighted by molar-refractivity contribution is 7.89. The molecule has 0 fully saturated rings. The molecular formula is C20H17FN2O3S. The summed E-state index contributed by atoms with van der Waals surface area (Å²) in [7, 11) is -3.82. The summed E-state index contributed by atoms with van der Waals surface area (Å²) in [6.07, 6.45) is 0. The van der Waals surface area contributed by atoms with Crippen molar-refractivity contribution in [2.75, 3.05) is 5.32 Å². The molecule has 3 aromatic carbocycles. The molecule has 0 heterocycles. The molecule has 0 spiro atoms. The zero-order valence-electron chi connectivity index (χ0n) is 14.2. The first-order valence-corrected chi connectivity index (χ1v) is 9.63. The van der Waals surface area contributed by atoms with Gasteiger partial charge in [0.05, 0.1) is 4.90 Å². The van der Waals surface area contributed by atoms with Gasteiger partial charge in [0.2, 0.25) is 10.0 Å². The second-order valence-corrected chi connectivity index (χ2v) is 7.57. The largest absolute Gasteiger partial charge is 0.322 e. The maximum absolute atomic E-state index is 12.9. The van der Waals surface area contributed by atoms with Crippen molar-refractivity contribution in [1.82, 2.24) is 4.72 Å². The number of hydrogen-bond acceptors (Lipinski definition) is 3. The molecule has 7 heteroatoms. The van der Waals surface area contributed by atoms with Crippen molar-refractivity contribution in [3.05, 3.63) is 95.8 Å². The van der Waals surface area contributed by atoms with Crippen molar-refractivity contribution in [2.24, 2.45) is 0 Å². The van der Waals surface area contributed by atoms with Gasteiger partial charge < -0.3 is 5.32 Å². The third-order valence-electron chi connectivity index (χ3n) is 3.82. The van der Waals surface area contributed by atoms with Gasteiger partial charge in [0, 0.05) is 17.8 Å². The number of nitrogens with one attached hydrogen (secondary N) is 2. The van der Waals surface area contributed by atoms with Crippen molar-refractivity contribution in [2.45, 2.75) is 11.4 Å². The van der Waals surface area contributed by atoms with Gasteiger partial charge in [-0.15, -0.1) is 0 Å². The van der Waals surface area contributed by atoms with Crippen molar-refractivity contribution in [3.8, 4) is 0 Å². The number of carbonyl (C=O) groups excluding carboxylic acids is 1. The fraction of sp³-hybridized carbons (Fsp3) is 0.0500. The van der Waals surface area contributed by atoms with Gasteiger partial charge in [-0.3, -0.25) is 4.79 Å². The van der Waals surface area contributed by atoms with Crippen LogP contribution < -0.4 is 10.0 Å². The minimum absolute atomic E-state index is 0.0169. The zero-order valence-corrected chi connectivity index (χ0v) is 15.0. The average molecular weight is 384 g/mol. The smallest absolute Gasteiger partial charge is 0.255 e. The lowest BCUT2D eigenvalue weighted by Gasteiger charge is -2.09. The highest BCUT2D eigenvalue weighted by Crippen LogP contribution is 2.14. The molecule has 0 aliphatic carbocycles. The van der Waals surface area contributed by atoms with Gasteiger partial charge in [0.15, 0.2) is 0 Å². The Morgan fingerprint density at radius 3 is 2.30 bits per heavy atom. The van der Waals surface area contributed by atoms with Crippen LogP contribution in [-0.4, -0.2) is 14.3 Å². The highest BCUT2D eigenvalue weighted by atomic mass is 32.2. The van der Waals surface area contributed by atoms with E-state index in [-0.39, 0.29) is 17.0 Å². The van der Waals surface area contributed by atoms with Crippen LogP contribution in [0.25, 0.3) is 0 Å². The summed E-state index contributed by atoms with van der Waals surface area (Å²) in [5, 5.41) is 2.71. The highest BCUT2D eigenvalue weighted by Gasteiger charge is 2.16. The van der Waals surface area contributed by atoms with Crippen LogP contribution in [0.3, 0.4) is 0 Å². The van der Waals surface area contributed by atoms with Gasteiger partial charge in [-0.25, -0.2) is 17.5 Å². The van der Waals surface area contributed by atoms with E-state index < -0.39 is 21.7 Å². The molecule has 0 aromatic heterocycles. The second-order valence-electron chi connectivity index (χ2n) is 5.80. The Hall–Kier alpha value is -3.03. The van der Waals surface area contributed by atoms with Crippen LogP contribution in [-0.2, 0) is 16.6 Å². The average Bonchev–Trinajstić information content (AvgIpc) is 2.68. The van der Waals surface area contributed by atoms with Crippen molar-refractivity contribution in [1.29, 1.82) is 0 Å². The van der Waals surface area contributed by atoms with E-state index in [1.54, 1.807) is 24.3 Å². The number of sulfonamides is 1. The summed E-state index contributed by atoms with van der Waals surface area (Å²) in [6, 6.07) is 20.2. The summed E-state index contributed by atoms with van der Waals surface area (Å²) in [5.41, 5.74) is 1.46. The normalized spacial score (nSPS) is 11.1. The maximum atomic E-state index is 12.9. The van der Waals surface area contributed by atoms with Crippen molar-refractivity contribution in [3.63, 3.8) is 0 Å². The monoisotopic (exact) mass is 384 g/mol. The van der Waals surface area contributed by atoms with Gasteiger partial charge >= 0.3 is 0 Å². The third kappa shape index (κ3) is 4.99. The van der Waals surface area contributed by atoms with E-state index in [9.17, 15) is 17.6 Å². The van der Waals surface area contributed by atoms with Crippen molar-refractivity contribution < 1.29 is 17.6 Å². The number of carbonyl (C=O) groups is 1. The molecular weight excluding hydrogens is 367 g/mol. The van der Waals surface area contributed by atoms with E-state index in [1.165, 1.54) is 48.5 Å². The van der Waals surface area contributed by atoms with Crippen LogP contribution in [0.5, 0.6) is 0 Å². The first-order valence-electron chi connectivity index (χ1n) is 8.15. The number of para-hydroxylation sites is 1. The number of anilines is 1. The number of rotatable bonds is 6. The van der Waals surface area contributed by atoms with Gasteiger partial charge in [-0.2, -0.15) is 0 Å². The molecule has 3 rings (SSSR count). The van der Waals surface area contributed by atoms with Gasteiger partial charge in [0.1, 0.15) is 5.82 Å². The molecule has 0 radical (unpaired) electrons. The van der Waals surface area contributed by atoms with Crippen LogP contribution in [0.4, 0.5) is 10.1 Å². The summed E-state index contributed by atoms with van der Waals surface area (Å²) in [5.74, 6) is -0.796. The summed E-state index contributed by atoms with van der Waals surface area (Å²) in [6.45, 7) is 0.0169. The SMILES string of the molecule is O=C(Nc1ccccc1)c1cccc(S(=O)(=O)NCc2ccc(F)cc2)c1. The van der Waals surface area contributed by atoms with E-state index in [4.69, 9.17) is 0 Å². The molecule has 0 saturated carbocycles. The Balaban J connectivity index is 1.73. The fourth-order valence-electron chi connectivity index (χ4n) is 2.39. The number of halogens is 1. The Morgan fingerprint density at radius 1 is 0.889 bits per heavy atom. The molecule has 3 aromatic rings. The first kappa shape index (κ1) is 18.8. The lowest BCUT2D eigenvalue weighted by Crippen LogP contribution is -2.23. The predicted octanol–water partition coefficient (Wildman–Crippen LogP) is 3.56. The minimum atomic E-state index is -3.82. The first-order chi connectivity index (χ1) is 12.9. The molecule has 0 saturated heterocycles. The molecule has 27 heavy (non-hydrogen) atoms. The molecule has 138 valence electrons. The maximum Gasteiger partial charge on any atom is 0.255 e. The topological polar surface area (TPSA) is 75.3 Å². The van der Waals surface area contributed by atoms with Crippen LogP contribution in [0, 0.1) is 5.82 Å². The fourth-order valence-corrected chi connectivity index (χ4v) is 3.46. The lowest BCUT2D eigenvalue weighted by molar-refractivity contribution is 0.102. The van der Waals surface area contributed by atoms with E-state index in [1.807, 2.05) is 6.07 Å². The standard InChI is InChI=1S/C20H17FN2O3S/c21-17-11-9-15(10-12-17)14-22-27(25,26)19-8-4-5-16(13-19)20(24)23-18-6-2-1-3-7-18/h1-13,22H,14H2,(H,23,24). The van der Waals surface area contributed by atoms with Crippen molar-refractivity contribution >= 4 is 21.6 Å². The predicted molar refractivity (Wildman–Crippen MR) is 101 cm³/mol. The summed E-state index contributed by atoms with van der Waals surface area (Å²) < 4.78 is 40.3. The molecule has 5 nitrogen and oxygen atoms in total. The van der Waals surface area contributed by atoms with Crippen LogP contribution in [0.15, 0.2) is 83.8 Å². The molecule has 0 bridgehead atoms. The van der Waals surface area contributed by atoms with Crippen LogP contribution in [0.2, 0.25) is 0 Å². The lowest BCUT2D eigenvalue weighted by atomic mass is 10.2. The van der Waals surface area contributed by atoms with E-state index in [0.717, 1.165) is 0 Å². The Bertz CT molecular complexity index is 1040. The number of hydrogen-bond donors (Lipinski definition) is 2. The Kier molecular flexibility index (Phi) is 5.63. The molecule has 1 amide bonds. The zero-order chi connectivity index (χ0) is 19.3. The molecule has 0 aliphatic heterocycles. The molecule has 0 atom stereocenters. The van der Waals surface area contributed by atoms with Crippen LogP contribution >= 0.6 is 0 Å². The van der Waals surface area contributed by atoms with E-state index in [2.05, 4.69) is 10.0 Å².